The summed E-state index contributed by atoms with van der Waals surface area (Å²) >= 11 is 0. The van der Waals surface area contributed by atoms with Crippen molar-refractivity contribution >= 4 is 29.3 Å². The maximum absolute atomic E-state index is 13.0. The maximum atomic E-state index is 13.0. The number of ether oxygens (including phenoxy) is 1. The summed E-state index contributed by atoms with van der Waals surface area (Å²) < 4.78 is 6.69. The number of nitriles is 1. The third-order valence-corrected chi connectivity index (χ3v) is 5.77. The van der Waals surface area contributed by atoms with Gasteiger partial charge in [0.15, 0.2) is 0 Å². The fraction of sp³-hybridized carbons (Fsp3) is 0.179. The highest BCUT2D eigenvalue weighted by molar-refractivity contribution is 5.97. The van der Waals surface area contributed by atoms with Gasteiger partial charge in [-0.3, -0.25) is 14.0 Å². The number of pyridine rings is 1. The van der Waals surface area contributed by atoms with Crippen molar-refractivity contribution in [2.24, 2.45) is 0 Å². The molecule has 2 heterocycles. The Kier molecular flexibility index (Phi) is 7.98. The molecule has 2 aromatic carbocycles. The number of hydrogen-bond acceptors (Lipinski definition) is 7. The second-order valence-corrected chi connectivity index (χ2v) is 8.35. The number of aliphatic carboxylic acids is 1. The molecule has 0 bridgehead atoms. The van der Waals surface area contributed by atoms with Crippen LogP contribution in [0.15, 0.2) is 72.9 Å². The number of carbonyl (C=O) groups excluding carboxylic acids is 2. The van der Waals surface area contributed by atoms with E-state index in [1.54, 1.807) is 78.2 Å². The summed E-state index contributed by atoms with van der Waals surface area (Å²) in [6.45, 7) is 1.86. The van der Waals surface area contributed by atoms with Gasteiger partial charge in [0.05, 0.1) is 18.2 Å². The molecule has 0 aliphatic rings. The minimum Gasteiger partial charge on any atom is -0.480 e. The van der Waals surface area contributed by atoms with Crippen molar-refractivity contribution in [3.63, 3.8) is 0 Å². The molecule has 0 fully saturated rings. The minimum absolute atomic E-state index is 0.104. The molecule has 0 spiro atoms. The normalized spacial score (nSPS) is 11.4. The number of aromatic nitrogens is 2. The van der Waals surface area contributed by atoms with Gasteiger partial charge in [0.1, 0.15) is 29.7 Å². The van der Waals surface area contributed by atoms with Gasteiger partial charge in [0.25, 0.3) is 5.91 Å². The molecule has 0 saturated heterocycles. The molecular formula is C28H25N5O5. The summed E-state index contributed by atoms with van der Waals surface area (Å²) in [6.07, 6.45) is 1.75. The Labute approximate surface area is 218 Å². The van der Waals surface area contributed by atoms with Crippen LogP contribution in [0, 0.1) is 11.3 Å². The maximum Gasteiger partial charge on any atom is 0.326 e. The predicted molar refractivity (Wildman–Crippen MR) is 140 cm³/mol. The molecule has 192 valence electrons. The fourth-order valence-electron chi connectivity index (χ4n) is 3.92. The van der Waals surface area contributed by atoms with E-state index in [0.717, 1.165) is 5.56 Å². The van der Waals surface area contributed by atoms with Gasteiger partial charge in [-0.15, -0.1) is 0 Å². The lowest BCUT2D eigenvalue weighted by molar-refractivity contribution is -0.141. The molecule has 3 N–H and O–H groups in total. The Hall–Kier alpha value is -5.17. The molecular weight excluding hydrogens is 486 g/mol. The molecule has 38 heavy (non-hydrogen) atoms. The molecule has 1 atom stereocenters. The van der Waals surface area contributed by atoms with Crippen LogP contribution in [0.5, 0.6) is 0 Å². The molecule has 1 amide bonds. The van der Waals surface area contributed by atoms with E-state index in [4.69, 9.17) is 10.00 Å². The zero-order valence-corrected chi connectivity index (χ0v) is 20.5. The van der Waals surface area contributed by atoms with Crippen LogP contribution in [0.25, 0.3) is 16.9 Å². The van der Waals surface area contributed by atoms with Crippen LogP contribution in [-0.2, 0) is 20.7 Å². The highest BCUT2D eigenvalue weighted by Gasteiger charge is 2.22. The predicted octanol–water partition coefficient (Wildman–Crippen LogP) is 3.27. The molecule has 10 nitrogen and oxygen atoms in total. The van der Waals surface area contributed by atoms with Crippen molar-refractivity contribution in [2.75, 3.05) is 18.5 Å². The van der Waals surface area contributed by atoms with Crippen LogP contribution in [0.3, 0.4) is 0 Å². The first-order valence-electron chi connectivity index (χ1n) is 11.9. The van der Waals surface area contributed by atoms with E-state index < -0.39 is 23.9 Å². The van der Waals surface area contributed by atoms with E-state index in [1.807, 2.05) is 6.07 Å². The third kappa shape index (κ3) is 5.96. The average molecular weight is 512 g/mol. The highest BCUT2D eigenvalue weighted by Crippen LogP contribution is 2.29. The molecule has 0 aliphatic heterocycles. The van der Waals surface area contributed by atoms with Gasteiger partial charge < -0.3 is 20.5 Å². The summed E-state index contributed by atoms with van der Waals surface area (Å²) in [5, 5.41) is 24.4. The van der Waals surface area contributed by atoms with Crippen LogP contribution in [0.1, 0.15) is 28.4 Å². The molecule has 0 radical (unpaired) electrons. The highest BCUT2D eigenvalue weighted by atomic mass is 16.5. The number of nitrogens with one attached hydrogen (secondary N) is 2. The molecule has 10 heteroatoms. The van der Waals surface area contributed by atoms with Crippen molar-refractivity contribution in [3.8, 4) is 17.3 Å². The Bertz CT molecular complexity index is 1510. The number of hydrogen-bond donors (Lipinski definition) is 3. The van der Waals surface area contributed by atoms with Gasteiger partial charge in [-0.2, -0.15) is 5.26 Å². The standard InChI is InChI=1S/C28H25N5O5/c1-2-38-24(34)17-30-26-25(20-10-8-19(16-29)9-11-20)32-23-15-21(12-13-33(23)26)27(35)31-22(28(36)37)14-18-6-4-3-5-7-18/h3-13,15,22,30H,2,14,17H2,1H3,(H,31,35)(H,36,37). The number of carboxylic acid groups (broad SMARTS) is 1. The number of benzene rings is 2. The van der Waals surface area contributed by atoms with Gasteiger partial charge in [-0.05, 0) is 36.8 Å². The number of nitrogens with zero attached hydrogens (tertiary/aromatic N) is 3. The van der Waals surface area contributed by atoms with Crippen LogP contribution < -0.4 is 10.6 Å². The topological polar surface area (TPSA) is 146 Å². The largest absolute Gasteiger partial charge is 0.480 e. The fourth-order valence-corrected chi connectivity index (χ4v) is 3.92. The summed E-state index contributed by atoms with van der Waals surface area (Å²) in [6, 6.07) is 19.9. The first-order chi connectivity index (χ1) is 18.4. The van der Waals surface area contributed by atoms with Crippen molar-refractivity contribution in [1.82, 2.24) is 14.7 Å². The number of carbonyl (C=O) groups is 3. The van der Waals surface area contributed by atoms with Crippen molar-refractivity contribution in [2.45, 2.75) is 19.4 Å². The van der Waals surface area contributed by atoms with Crippen LogP contribution in [0.2, 0.25) is 0 Å². The van der Waals surface area contributed by atoms with Crippen LogP contribution in [0.4, 0.5) is 5.82 Å². The third-order valence-electron chi connectivity index (χ3n) is 5.77. The lowest BCUT2D eigenvalue weighted by atomic mass is 10.1. The molecule has 2 aromatic heterocycles. The Balaban J connectivity index is 1.64. The van der Waals surface area contributed by atoms with Gasteiger partial charge in [-0.25, -0.2) is 9.78 Å². The number of amides is 1. The number of fused-ring (bicyclic) bond motifs is 1. The number of imidazole rings is 1. The zero-order valence-electron chi connectivity index (χ0n) is 20.5. The van der Waals surface area contributed by atoms with Crippen LogP contribution in [-0.4, -0.2) is 51.5 Å². The first kappa shape index (κ1) is 25.9. The molecule has 0 aliphatic carbocycles. The number of rotatable bonds is 10. The first-order valence-corrected chi connectivity index (χ1v) is 11.9. The van der Waals surface area contributed by atoms with Gasteiger partial charge in [0.2, 0.25) is 0 Å². The lowest BCUT2D eigenvalue weighted by Gasteiger charge is -2.15. The van der Waals surface area contributed by atoms with Gasteiger partial charge in [0, 0.05) is 23.7 Å². The second-order valence-electron chi connectivity index (χ2n) is 8.35. The van der Waals surface area contributed by atoms with Crippen molar-refractivity contribution in [3.05, 3.63) is 89.6 Å². The van der Waals surface area contributed by atoms with Crippen molar-refractivity contribution < 1.29 is 24.2 Å². The van der Waals surface area contributed by atoms with E-state index >= 15 is 0 Å². The second kappa shape index (κ2) is 11.7. The van der Waals surface area contributed by atoms with Crippen LogP contribution >= 0.6 is 0 Å². The minimum atomic E-state index is -1.14. The van der Waals surface area contributed by atoms with Gasteiger partial charge in [-0.1, -0.05) is 42.5 Å². The molecule has 1 unspecified atom stereocenters. The molecule has 4 rings (SSSR count). The SMILES string of the molecule is CCOC(=O)CNc1c(-c2ccc(C#N)cc2)nc2cc(C(=O)NC(Cc3ccccc3)C(=O)O)ccn12. The number of carboxylic acids is 1. The Morgan fingerprint density at radius 1 is 1.11 bits per heavy atom. The Morgan fingerprint density at radius 3 is 2.50 bits per heavy atom. The molecule has 0 saturated carbocycles. The zero-order chi connectivity index (χ0) is 27.1. The number of esters is 1. The smallest absolute Gasteiger partial charge is 0.326 e. The summed E-state index contributed by atoms with van der Waals surface area (Å²) in [7, 11) is 0. The van der Waals surface area contributed by atoms with E-state index in [9.17, 15) is 19.5 Å². The monoisotopic (exact) mass is 511 g/mol. The lowest BCUT2D eigenvalue weighted by Crippen LogP contribution is -2.42. The van der Waals surface area contributed by atoms with Gasteiger partial charge >= 0.3 is 11.9 Å². The summed E-state index contributed by atoms with van der Waals surface area (Å²) in [5.41, 5.74) is 3.10. The summed E-state index contributed by atoms with van der Waals surface area (Å²) in [4.78, 5) is 41.4. The molecule has 4 aromatic rings. The summed E-state index contributed by atoms with van der Waals surface area (Å²) in [5.74, 6) is -1.64. The van der Waals surface area contributed by atoms with Crippen molar-refractivity contribution in [1.29, 1.82) is 5.26 Å². The van der Waals surface area contributed by atoms with E-state index in [0.29, 0.717) is 28.3 Å². The Morgan fingerprint density at radius 2 is 1.84 bits per heavy atom. The quantitative estimate of drug-likeness (QED) is 0.275. The average Bonchev–Trinajstić information content (AvgIpc) is 3.30. The van der Waals surface area contributed by atoms with E-state index in [2.05, 4.69) is 21.7 Å². The van der Waals surface area contributed by atoms with E-state index in [-0.39, 0.29) is 25.1 Å². The van der Waals surface area contributed by atoms with E-state index in [1.165, 1.54) is 0 Å². The number of anilines is 1.